The van der Waals surface area contributed by atoms with Crippen LogP contribution in [0.2, 0.25) is 0 Å². The van der Waals surface area contributed by atoms with Gasteiger partial charge in [0.05, 0.1) is 11.1 Å². The number of aromatic amines is 1. The molecule has 154 valence electrons. The molecule has 0 fully saturated rings. The first-order valence-electron chi connectivity index (χ1n) is 8.06. The highest BCUT2D eigenvalue weighted by molar-refractivity contribution is 9.13. The average Bonchev–Trinajstić information content (AvgIpc) is 2.63. The van der Waals surface area contributed by atoms with Crippen LogP contribution in [0.25, 0.3) is 11.1 Å². The van der Waals surface area contributed by atoms with Crippen LogP contribution in [0.4, 0.5) is 5.82 Å². The minimum Gasteiger partial charge on any atom is -0.490 e. The third kappa shape index (κ3) is 4.30. The van der Waals surface area contributed by atoms with Gasteiger partial charge in [-0.05, 0) is 44.8 Å². The van der Waals surface area contributed by atoms with E-state index in [1.807, 2.05) is 0 Å². The highest BCUT2D eigenvalue weighted by Crippen LogP contribution is 2.47. The van der Waals surface area contributed by atoms with Gasteiger partial charge in [-0.2, -0.15) is 0 Å². The molecule has 0 radical (unpaired) electrons. The van der Waals surface area contributed by atoms with Gasteiger partial charge in [0.2, 0.25) is 0 Å². The predicted molar refractivity (Wildman–Crippen MR) is 113 cm³/mol. The smallest absolute Gasteiger partial charge is 0.342 e. The van der Waals surface area contributed by atoms with Gasteiger partial charge in [-0.3, -0.25) is 4.79 Å². The predicted octanol–water partition coefficient (Wildman–Crippen LogP) is 3.51. The number of halogens is 2. The van der Waals surface area contributed by atoms with Gasteiger partial charge in [-0.1, -0.05) is 12.7 Å². The minimum atomic E-state index is -1.61. The van der Waals surface area contributed by atoms with Crippen molar-refractivity contribution in [3.63, 3.8) is 0 Å². The van der Waals surface area contributed by atoms with E-state index in [1.165, 1.54) is 12.1 Å². The Hall–Kier alpha value is -2.79. The number of benzene rings is 1. The number of nitrogen functional groups attached to an aromatic ring is 1. The topological polar surface area (TPSA) is 152 Å². The van der Waals surface area contributed by atoms with E-state index in [9.17, 15) is 24.6 Å². The maximum atomic E-state index is 12.3. The number of aromatic carboxylic acids is 2. The normalized spacial score (nSPS) is 10.4. The van der Waals surface area contributed by atoms with Gasteiger partial charge in [0, 0.05) is 15.6 Å². The molecular weight excluding hydrogens is 516 g/mol. The molecule has 0 aliphatic heterocycles. The van der Waals surface area contributed by atoms with Crippen LogP contribution in [0, 0.1) is 0 Å². The lowest BCUT2D eigenvalue weighted by Gasteiger charge is -2.19. The van der Waals surface area contributed by atoms with E-state index in [0.29, 0.717) is 4.47 Å². The van der Waals surface area contributed by atoms with Crippen molar-refractivity contribution in [2.75, 3.05) is 18.9 Å². The number of carbonyl (C=O) groups is 2. The highest BCUT2D eigenvalue weighted by Gasteiger charge is 2.30. The van der Waals surface area contributed by atoms with Crippen LogP contribution in [0.5, 0.6) is 11.5 Å². The summed E-state index contributed by atoms with van der Waals surface area (Å²) in [4.78, 5) is 37.9. The molecule has 29 heavy (non-hydrogen) atoms. The highest BCUT2D eigenvalue weighted by atomic mass is 79.9. The summed E-state index contributed by atoms with van der Waals surface area (Å²) in [5.74, 6) is -3.11. The van der Waals surface area contributed by atoms with E-state index in [4.69, 9.17) is 15.2 Å². The summed E-state index contributed by atoms with van der Waals surface area (Å²) < 4.78 is 11.7. The second-order valence-corrected chi connectivity index (χ2v) is 7.10. The van der Waals surface area contributed by atoms with Crippen molar-refractivity contribution in [3.8, 4) is 22.6 Å². The average molecular weight is 532 g/mol. The Morgan fingerprint density at radius 1 is 1.21 bits per heavy atom. The first-order valence-corrected chi connectivity index (χ1v) is 9.65. The number of hydrogen-bond donors (Lipinski definition) is 4. The molecule has 2 aromatic rings. The lowest BCUT2D eigenvalue weighted by atomic mass is 9.95. The van der Waals surface area contributed by atoms with E-state index in [-0.39, 0.29) is 40.3 Å². The van der Waals surface area contributed by atoms with Crippen LogP contribution in [0.1, 0.15) is 27.6 Å². The molecule has 2 rings (SSSR count). The summed E-state index contributed by atoms with van der Waals surface area (Å²) in [6.07, 6.45) is 1.52. The van der Waals surface area contributed by atoms with Crippen LogP contribution >= 0.6 is 31.9 Å². The second-order valence-electron chi connectivity index (χ2n) is 5.52. The Bertz CT molecular complexity index is 1060. The van der Waals surface area contributed by atoms with Gasteiger partial charge >= 0.3 is 11.9 Å². The summed E-state index contributed by atoms with van der Waals surface area (Å²) in [6.45, 7) is 5.70. The molecule has 1 aromatic carbocycles. The lowest BCUT2D eigenvalue weighted by molar-refractivity contribution is 0.0695. The number of anilines is 1. The monoisotopic (exact) mass is 530 g/mol. The molecule has 0 saturated heterocycles. The van der Waals surface area contributed by atoms with Crippen molar-refractivity contribution in [3.05, 3.63) is 49.1 Å². The van der Waals surface area contributed by atoms with Gasteiger partial charge in [-0.15, -0.1) is 0 Å². The first-order chi connectivity index (χ1) is 13.6. The fraction of sp³-hybridized carbons (Fsp3) is 0.167. The van der Waals surface area contributed by atoms with Crippen LogP contribution in [0.3, 0.4) is 0 Å². The zero-order valence-corrected chi connectivity index (χ0v) is 18.2. The van der Waals surface area contributed by atoms with E-state index in [0.717, 1.165) is 0 Å². The summed E-state index contributed by atoms with van der Waals surface area (Å²) in [7, 11) is 0. The minimum absolute atomic E-state index is 0.0684. The van der Waals surface area contributed by atoms with Gasteiger partial charge in [0.15, 0.2) is 11.5 Å². The largest absolute Gasteiger partial charge is 0.490 e. The molecule has 5 N–H and O–H groups in total. The molecule has 0 spiro atoms. The maximum Gasteiger partial charge on any atom is 0.342 e. The number of carboxylic acids is 2. The van der Waals surface area contributed by atoms with Crippen LogP contribution in [-0.2, 0) is 0 Å². The molecule has 11 heteroatoms. The molecule has 0 saturated carbocycles. The van der Waals surface area contributed by atoms with E-state index < -0.39 is 34.4 Å². The van der Waals surface area contributed by atoms with Crippen LogP contribution in [-0.4, -0.2) is 40.3 Å². The molecule has 1 heterocycles. The first kappa shape index (κ1) is 22.5. The van der Waals surface area contributed by atoms with E-state index >= 15 is 0 Å². The van der Waals surface area contributed by atoms with Crippen molar-refractivity contribution in [1.29, 1.82) is 0 Å². The summed E-state index contributed by atoms with van der Waals surface area (Å²) >= 11 is 6.65. The molecule has 0 bridgehead atoms. The Kier molecular flexibility index (Phi) is 7.09. The van der Waals surface area contributed by atoms with Gasteiger partial charge in [0.1, 0.15) is 23.6 Å². The van der Waals surface area contributed by atoms with Crippen LogP contribution < -0.4 is 20.8 Å². The molecule has 0 aliphatic carbocycles. The number of nitrogens with two attached hydrogens (primary N) is 1. The number of rotatable bonds is 8. The van der Waals surface area contributed by atoms with Crippen molar-refractivity contribution in [1.82, 2.24) is 4.98 Å². The zero-order chi connectivity index (χ0) is 21.9. The third-order valence-electron chi connectivity index (χ3n) is 3.71. The standard InChI is InChI=1S/C18H16Br2N2O7/c1-3-5-29-14-8(28-4-2)6-7(12(19)13(14)20)9-10(17(24)25)15(21)22-16(23)11(9)18(26)27/h3,6H,1,4-5H2,2H3,(H,24,25)(H,26,27)(H3,21,22,23). The summed E-state index contributed by atoms with van der Waals surface area (Å²) in [5, 5.41) is 19.2. The molecule has 0 aliphatic rings. The van der Waals surface area contributed by atoms with Crippen molar-refractivity contribution in [2.24, 2.45) is 0 Å². The molecule has 0 atom stereocenters. The second kappa shape index (κ2) is 9.14. The van der Waals surface area contributed by atoms with Gasteiger partial charge < -0.3 is 30.4 Å². The molecule has 0 unspecified atom stereocenters. The van der Waals surface area contributed by atoms with Crippen molar-refractivity contribution < 1.29 is 29.3 Å². The van der Waals surface area contributed by atoms with Crippen molar-refractivity contribution >= 4 is 49.6 Å². The Morgan fingerprint density at radius 3 is 2.34 bits per heavy atom. The number of pyridine rings is 1. The fourth-order valence-corrected chi connectivity index (χ4v) is 3.64. The SMILES string of the molecule is C=CCOc1c(OCC)cc(-c2c(C(=O)O)c(N)[nH]c(=O)c2C(=O)O)c(Br)c1Br. The van der Waals surface area contributed by atoms with Gasteiger partial charge in [0.25, 0.3) is 5.56 Å². The number of nitrogens with one attached hydrogen (secondary N) is 1. The molecular formula is C18H16Br2N2O7. The van der Waals surface area contributed by atoms with Crippen molar-refractivity contribution in [2.45, 2.75) is 6.92 Å². The third-order valence-corrected chi connectivity index (χ3v) is 5.83. The Labute approximate surface area is 181 Å². The van der Waals surface area contributed by atoms with E-state index in [1.54, 1.807) is 6.92 Å². The summed E-state index contributed by atoms with van der Waals surface area (Å²) in [5.41, 5.74) is 3.02. The Morgan fingerprint density at radius 2 is 1.83 bits per heavy atom. The fourth-order valence-electron chi connectivity index (χ4n) is 2.62. The molecule has 9 nitrogen and oxygen atoms in total. The number of ether oxygens (including phenoxy) is 2. The van der Waals surface area contributed by atoms with E-state index in [2.05, 4.69) is 43.4 Å². The van der Waals surface area contributed by atoms with Gasteiger partial charge in [-0.25, -0.2) is 9.59 Å². The maximum absolute atomic E-state index is 12.3. The molecule has 0 amide bonds. The number of carboxylic acid groups (broad SMARTS) is 2. The Balaban J connectivity index is 3.01. The number of H-pyrrole nitrogens is 1. The number of aromatic nitrogens is 1. The number of hydrogen-bond acceptors (Lipinski definition) is 6. The van der Waals surface area contributed by atoms with Crippen LogP contribution in [0.15, 0.2) is 32.5 Å². The quantitative estimate of drug-likeness (QED) is 0.377. The summed E-state index contributed by atoms with van der Waals surface area (Å²) in [6, 6.07) is 1.38. The lowest BCUT2D eigenvalue weighted by Crippen LogP contribution is -2.24. The zero-order valence-electron chi connectivity index (χ0n) is 15.0. The molecule has 1 aromatic heterocycles.